The van der Waals surface area contributed by atoms with Crippen LogP contribution in [0.4, 0.5) is 14.5 Å². The number of benzene rings is 2. The second kappa shape index (κ2) is 9.67. The lowest BCUT2D eigenvalue weighted by Gasteiger charge is -2.31. The van der Waals surface area contributed by atoms with Gasteiger partial charge in [0.2, 0.25) is 15.9 Å². The number of nitrogens with zero attached hydrogens (tertiary/aromatic N) is 1. The van der Waals surface area contributed by atoms with Crippen LogP contribution in [0.3, 0.4) is 0 Å². The molecule has 0 atom stereocenters. The molecule has 0 bridgehead atoms. The fourth-order valence-corrected chi connectivity index (χ4v) is 6.54. The van der Waals surface area contributed by atoms with Crippen molar-refractivity contribution in [2.75, 3.05) is 18.4 Å². The van der Waals surface area contributed by atoms with Gasteiger partial charge in [0.05, 0.1) is 10.6 Å². The molecule has 1 aliphatic heterocycles. The predicted octanol–water partition coefficient (Wildman–Crippen LogP) is 4.97. The molecule has 2 aromatic carbocycles. The van der Waals surface area contributed by atoms with Gasteiger partial charge in [-0.1, -0.05) is 41.6 Å². The van der Waals surface area contributed by atoms with Gasteiger partial charge in [-0.3, -0.25) is 4.79 Å². The first-order valence-electron chi connectivity index (χ1n) is 10.0. The predicted molar refractivity (Wildman–Crippen MR) is 119 cm³/mol. The molecule has 0 aliphatic carbocycles. The van der Waals surface area contributed by atoms with Crippen molar-refractivity contribution in [3.05, 3.63) is 53.1 Å². The summed E-state index contributed by atoms with van der Waals surface area (Å²) in [6.45, 7) is 5.99. The molecule has 0 aromatic heterocycles. The maximum atomic E-state index is 13.2. The van der Waals surface area contributed by atoms with E-state index in [1.54, 1.807) is 32.0 Å². The maximum Gasteiger partial charge on any atom is 0.288 e. The van der Waals surface area contributed by atoms with Gasteiger partial charge in [0.1, 0.15) is 0 Å². The van der Waals surface area contributed by atoms with E-state index in [-0.39, 0.29) is 24.9 Å². The van der Waals surface area contributed by atoms with Crippen LogP contribution in [0.15, 0.2) is 46.2 Å². The highest BCUT2D eigenvalue weighted by Gasteiger charge is 2.34. The highest BCUT2D eigenvalue weighted by atomic mass is 32.2. The largest absolute Gasteiger partial charge is 0.325 e. The first-order valence-corrected chi connectivity index (χ1v) is 12.3. The van der Waals surface area contributed by atoms with Gasteiger partial charge in [-0.2, -0.15) is 13.1 Å². The highest BCUT2D eigenvalue weighted by molar-refractivity contribution is 7.99. The second-order valence-corrected chi connectivity index (χ2v) is 10.7. The maximum absolute atomic E-state index is 13.2. The summed E-state index contributed by atoms with van der Waals surface area (Å²) in [5.74, 6) is -3.24. The minimum Gasteiger partial charge on any atom is -0.325 e. The van der Waals surface area contributed by atoms with Crippen LogP contribution in [0, 0.1) is 26.7 Å². The average molecular weight is 469 g/mol. The Morgan fingerprint density at radius 3 is 2.26 bits per heavy atom. The lowest BCUT2D eigenvalue weighted by Crippen LogP contribution is -2.41. The van der Waals surface area contributed by atoms with Crippen LogP contribution in [-0.2, 0) is 14.8 Å². The van der Waals surface area contributed by atoms with Crippen molar-refractivity contribution in [3.8, 4) is 0 Å². The van der Waals surface area contributed by atoms with Gasteiger partial charge >= 0.3 is 0 Å². The van der Waals surface area contributed by atoms with Gasteiger partial charge in [-0.05, 0) is 56.9 Å². The topological polar surface area (TPSA) is 66.5 Å². The number of thioether (sulfide) groups is 1. The molecule has 0 saturated carbocycles. The quantitative estimate of drug-likeness (QED) is 0.608. The van der Waals surface area contributed by atoms with Gasteiger partial charge in [0.15, 0.2) is 0 Å². The van der Waals surface area contributed by atoms with E-state index in [1.807, 2.05) is 19.1 Å². The molecule has 1 saturated heterocycles. The third kappa shape index (κ3) is 5.45. The van der Waals surface area contributed by atoms with Crippen LogP contribution in [0.1, 0.15) is 29.5 Å². The van der Waals surface area contributed by atoms with Crippen molar-refractivity contribution in [2.24, 2.45) is 5.92 Å². The molecule has 0 radical (unpaired) electrons. The molecule has 9 heteroatoms. The van der Waals surface area contributed by atoms with Crippen LogP contribution >= 0.6 is 11.8 Å². The Hall–Kier alpha value is -1.97. The lowest BCUT2D eigenvalue weighted by atomic mass is 9.97. The highest BCUT2D eigenvalue weighted by Crippen LogP contribution is 2.33. The number of hydrogen-bond donors (Lipinski definition) is 1. The third-order valence-electron chi connectivity index (χ3n) is 5.39. The van der Waals surface area contributed by atoms with E-state index >= 15 is 0 Å². The summed E-state index contributed by atoms with van der Waals surface area (Å²) < 4.78 is 53.4. The number of halogens is 2. The van der Waals surface area contributed by atoms with E-state index in [1.165, 1.54) is 10.4 Å². The van der Waals surface area contributed by atoms with Crippen LogP contribution in [0.2, 0.25) is 0 Å². The molecule has 31 heavy (non-hydrogen) atoms. The first-order chi connectivity index (χ1) is 14.6. The standard InChI is InChI=1S/C22H26F2N2O3S2/c1-14-12-15(2)20(16(3)13-14)31(28,29)26-10-8-17(9-11-26)21(27)25-18-6-4-5-7-19(18)30-22(23)24/h4-7,12-13,17,22H,8-11H2,1-3H3,(H,25,27). The number of piperidine rings is 1. The Balaban J connectivity index is 1.68. The first kappa shape index (κ1) is 23.7. The Kier molecular flexibility index (Phi) is 7.39. The monoisotopic (exact) mass is 468 g/mol. The second-order valence-electron chi connectivity index (χ2n) is 7.77. The average Bonchev–Trinajstić information content (AvgIpc) is 2.68. The van der Waals surface area contributed by atoms with E-state index < -0.39 is 15.8 Å². The number of amides is 1. The summed E-state index contributed by atoms with van der Waals surface area (Å²) in [4.78, 5) is 13.3. The van der Waals surface area contributed by atoms with Crippen LogP contribution < -0.4 is 5.32 Å². The number of alkyl halides is 2. The van der Waals surface area contributed by atoms with Crippen molar-refractivity contribution in [3.63, 3.8) is 0 Å². The molecule has 1 fully saturated rings. The Morgan fingerprint density at radius 1 is 1.10 bits per heavy atom. The van der Waals surface area contributed by atoms with Crippen molar-refractivity contribution in [2.45, 2.75) is 49.2 Å². The number of para-hydroxylation sites is 1. The number of sulfonamides is 1. The minimum atomic E-state index is -3.65. The fraction of sp³-hybridized carbons (Fsp3) is 0.409. The SMILES string of the molecule is Cc1cc(C)c(S(=O)(=O)N2CCC(C(=O)Nc3ccccc3SC(F)F)CC2)c(C)c1. The van der Waals surface area contributed by atoms with E-state index in [4.69, 9.17) is 0 Å². The molecule has 1 N–H and O–H groups in total. The summed E-state index contributed by atoms with van der Waals surface area (Å²) in [5, 5.41) is 2.73. The molecular weight excluding hydrogens is 442 g/mol. The summed E-state index contributed by atoms with van der Waals surface area (Å²) in [6, 6.07) is 10.1. The molecule has 5 nitrogen and oxygen atoms in total. The number of nitrogens with one attached hydrogen (secondary N) is 1. The molecule has 1 aliphatic rings. The zero-order chi connectivity index (χ0) is 22.8. The smallest absolute Gasteiger partial charge is 0.288 e. The molecule has 168 valence electrons. The lowest BCUT2D eigenvalue weighted by molar-refractivity contribution is -0.120. The molecule has 1 heterocycles. The zero-order valence-corrected chi connectivity index (χ0v) is 19.3. The van der Waals surface area contributed by atoms with Crippen molar-refractivity contribution < 1.29 is 22.0 Å². The number of aryl methyl sites for hydroxylation is 3. The van der Waals surface area contributed by atoms with Crippen molar-refractivity contribution in [1.29, 1.82) is 0 Å². The number of rotatable bonds is 6. The van der Waals surface area contributed by atoms with Gasteiger partial charge in [0.25, 0.3) is 5.76 Å². The minimum absolute atomic E-state index is 0.237. The third-order valence-corrected chi connectivity index (χ3v) is 8.38. The molecule has 0 unspecified atom stereocenters. The molecule has 2 aromatic rings. The van der Waals surface area contributed by atoms with Gasteiger partial charge in [-0.15, -0.1) is 0 Å². The number of anilines is 1. The Labute approximate surface area is 186 Å². The van der Waals surface area contributed by atoms with Gasteiger partial charge in [-0.25, -0.2) is 8.42 Å². The van der Waals surface area contributed by atoms with Crippen LogP contribution in [0.5, 0.6) is 0 Å². The van der Waals surface area contributed by atoms with E-state index in [0.29, 0.717) is 51.2 Å². The molecular formula is C22H26F2N2O3S2. The summed E-state index contributed by atoms with van der Waals surface area (Å²) in [7, 11) is -3.65. The zero-order valence-electron chi connectivity index (χ0n) is 17.7. The van der Waals surface area contributed by atoms with E-state index in [0.717, 1.165) is 5.56 Å². The van der Waals surface area contributed by atoms with Crippen LogP contribution in [0.25, 0.3) is 0 Å². The van der Waals surface area contributed by atoms with Crippen molar-refractivity contribution >= 4 is 33.4 Å². The van der Waals surface area contributed by atoms with E-state index in [9.17, 15) is 22.0 Å². The molecule has 0 spiro atoms. The van der Waals surface area contributed by atoms with Crippen molar-refractivity contribution in [1.82, 2.24) is 4.31 Å². The molecule has 3 rings (SSSR count). The van der Waals surface area contributed by atoms with Gasteiger partial charge < -0.3 is 5.32 Å². The van der Waals surface area contributed by atoms with Gasteiger partial charge in [0, 0.05) is 23.9 Å². The Bertz CT molecular complexity index is 1040. The summed E-state index contributed by atoms with van der Waals surface area (Å²) in [6.07, 6.45) is 0.748. The summed E-state index contributed by atoms with van der Waals surface area (Å²) >= 11 is 0.383. The summed E-state index contributed by atoms with van der Waals surface area (Å²) in [5.41, 5.74) is 2.78. The number of hydrogen-bond acceptors (Lipinski definition) is 4. The van der Waals surface area contributed by atoms with E-state index in [2.05, 4.69) is 5.32 Å². The fourth-order valence-electron chi connectivity index (χ4n) is 4.06. The van der Waals surface area contributed by atoms with Crippen LogP contribution in [-0.4, -0.2) is 37.5 Å². The Morgan fingerprint density at radius 2 is 1.68 bits per heavy atom. The number of carbonyl (C=O) groups is 1. The molecule has 1 amide bonds. The number of carbonyl (C=O) groups excluding carboxylic acids is 1. The normalized spacial score (nSPS) is 15.9.